The Hall–Kier alpha value is -2.59. The van der Waals surface area contributed by atoms with Crippen molar-refractivity contribution in [2.75, 3.05) is 14.1 Å². The highest BCUT2D eigenvalue weighted by molar-refractivity contribution is 7.87. The zero-order valence-electron chi connectivity index (χ0n) is 11.9. The van der Waals surface area contributed by atoms with Crippen LogP contribution in [-0.4, -0.2) is 53.6 Å². The Morgan fingerprint density at radius 1 is 1.41 bits per heavy atom. The maximum Gasteiger partial charge on any atom is 0.321 e. The van der Waals surface area contributed by atoms with E-state index in [1.54, 1.807) is 30.7 Å². The highest BCUT2D eigenvalue weighted by Crippen LogP contribution is 2.10. The van der Waals surface area contributed by atoms with Gasteiger partial charge in [0.25, 0.3) is 0 Å². The fourth-order valence-corrected chi connectivity index (χ4v) is 1.84. The Balaban J connectivity index is 2.14. The summed E-state index contributed by atoms with van der Waals surface area (Å²) in [6.45, 7) is 0. The molecule has 0 amide bonds. The van der Waals surface area contributed by atoms with Gasteiger partial charge in [-0.25, -0.2) is 9.97 Å². The number of allylic oxidation sites excluding steroid dienone is 2. The molecule has 0 aromatic carbocycles. The molecule has 1 aromatic heterocycles. The molecule has 0 aliphatic carbocycles. The maximum absolute atomic E-state index is 11.6. The van der Waals surface area contributed by atoms with Crippen molar-refractivity contribution in [1.29, 1.82) is 0 Å². The molecule has 1 aliphatic heterocycles. The Labute approximate surface area is 127 Å². The van der Waals surface area contributed by atoms with Crippen LogP contribution in [0.2, 0.25) is 0 Å². The predicted molar refractivity (Wildman–Crippen MR) is 78.7 cm³/mol. The van der Waals surface area contributed by atoms with Crippen LogP contribution in [0.15, 0.2) is 41.3 Å². The number of hydrogen-bond acceptors (Lipinski definition) is 6. The van der Waals surface area contributed by atoms with Gasteiger partial charge in [0.1, 0.15) is 0 Å². The van der Waals surface area contributed by atoms with Crippen LogP contribution in [0.25, 0.3) is 5.57 Å². The summed E-state index contributed by atoms with van der Waals surface area (Å²) in [6, 6.07) is 1.70. The summed E-state index contributed by atoms with van der Waals surface area (Å²) in [5.41, 5.74) is 3.49. The van der Waals surface area contributed by atoms with Gasteiger partial charge in [0.15, 0.2) is 5.82 Å². The van der Waals surface area contributed by atoms with Gasteiger partial charge in [0.2, 0.25) is 12.4 Å². The fourth-order valence-electron chi connectivity index (χ4n) is 1.40. The minimum atomic E-state index is -3.94. The lowest BCUT2D eigenvalue weighted by Crippen LogP contribution is -2.32. The van der Waals surface area contributed by atoms with E-state index in [0.29, 0.717) is 5.82 Å². The van der Waals surface area contributed by atoms with Gasteiger partial charge in [-0.05, 0) is 6.07 Å². The molecule has 0 saturated heterocycles. The van der Waals surface area contributed by atoms with Gasteiger partial charge in [-0.3, -0.25) is 0 Å². The average molecular weight is 322 g/mol. The molecule has 0 atom stereocenters. The number of rotatable bonds is 4. The van der Waals surface area contributed by atoms with E-state index in [1.807, 2.05) is 0 Å². The highest BCUT2D eigenvalue weighted by atomic mass is 32.2. The summed E-state index contributed by atoms with van der Waals surface area (Å²) >= 11 is 0. The van der Waals surface area contributed by atoms with E-state index in [0.717, 1.165) is 16.1 Å². The van der Waals surface area contributed by atoms with Crippen molar-refractivity contribution in [3.8, 4) is 0 Å². The van der Waals surface area contributed by atoms with E-state index in [4.69, 9.17) is 0 Å². The summed E-state index contributed by atoms with van der Waals surface area (Å²) in [6.07, 6.45) is 9.03. The minimum Gasteiger partial charge on any atom is -0.854 e. The minimum absolute atomic E-state index is 0.525. The first-order valence-corrected chi connectivity index (χ1v) is 7.53. The summed E-state index contributed by atoms with van der Waals surface area (Å²) in [7, 11) is -1.35. The lowest BCUT2D eigenvalue weighted by atomic mass is 10.2. The summed E-state index contributed by atoms with van der Waals surface area (Å²) in [4.78, 5) is 8.17. The molecule has 10 heteroatoms. The number of nitrogens with one attached hydrogen (secondary N) is 1. The van der Waals surface area contributed by atoms with Crippen molar-refractivity contribution in [2.45, 2.75) is 0 Å². The molecule has 22 heavy (non-hydrogen) atoms. The van der Waals surface area contributed by atoms with Crippen LogP contribution in [-0.2, 0) is 10.2 Å². The zero-order valence-corrected chi connectivity index (χ0v) is 12.7. The monoisotopic (exact) mass is 322 g/mol. The lowest BCUT2D eigenvalue weighted by molar-refractivity contribution is -0.506. The molecule has 1 N–H and O–H groups in total. The van der Waals surface area contributed by atoms with E-state index >= 15 is 0 Å². The molecule has 0 unspecified atom stereocenters. The van der Waals surface area contributed by atoms with Crippen LogP contribution in [0.1, 0.15) is 5.82 Å². The second kappa shape index (κ2) is 6.45. The second-order valence-electron chi connectivity index (χ2n) is 4.34. The molecule has 0 spiro atoms. The SMILES string of the molecule is CN(C)S(=O)(=O)N=C([O-])C=[N+]1C=CC(c2ncccn2)=CN1. The van der Waals surface area contributed by atoms with Crippen LogP contribution in [0.3, 0.4) is 0 Å². The van der Waals surface area contributed by atoms with Gasteiger partial charge in [0.05, 0.1) is 12.1 Å². The van der Waals surface area contributed by atoms with Gasteiger partial charge >= 0.3 is 10.2 Å². The maximum atomic E-state index is 11.6. The quantitative estimate of drug-likeness (QED) is 0.410. The van der Waals surface area contributed by atoms with Crippen molar-refractivity contribution < 1.29 is 18.2 Å². The lowest BCUT2D eigenvalue weighted by Gasteiger charge is -2.09. The molecule has 0 bridgehead atoms. The van der Waals surface area contributed by atoms with Crippen molar-refractivity contribution in [3.63, 3.8) is 0 Å². The average Bonchev–Trinajstić information content (AvgIpc) is 2.48. The van der Waals surface area contributed by atoms with Gasteiger partial charge < -0.3 is 5.11 Å². The second-order valence-corrected chi connectivity index (χ2v) is 6.15. The third-order valence-corrected chi connectivity index (χ3v) is 3.86. The van der Waals surface area contributed by atoms with Gasteiger partial charge in [-0.1, -0.05) is 4.68 Å². The van der Waals surface area contributed by atoms with Crippen LogP contribution in [0.5, 0.6) is 0 Å². The molecule has 0 radical (unpaired) electrons. The standard InChI is InChI=1S/C12H14N6O3S/c1-17(2)22(20,21)16-11(19)9-18-7-4-10(8-15-18)12-13-5-3-6-14-12/h3-9H,1-2H3,(H-,13,14,15,16,19). The smallest absolute Gasteiger partial charge is 0.321 e. The summed E-state index contributed by atoms with van der Waals surface area (Å²) < 4.78 is 28.2. The molecule has 9 nitrogen and oxygen atoms in total. The van der Waals surface area contributed by atoms with Crippen LogP contribution >= 0.6 is 0 Å². The Bertz CT molecular complexity index is 765. The van der Waals surface area contributed by atoms with Crippen molar-refractivity contribution in [3.05, 3.63) is 42.8 Å². The van der Waals surface area contributed by atoms with Gasteiger partial charge in [-0.2, -0.15) is 22.5 Å². The van der Waals surface area contributed by atoms with E-state index in [1.165, 1.54) is 25.0 Å². The van der Waals surface area contributed by atoms with E-state index in [9.17, 15) is 13.5 Å². The van der Waals surface area contributed by atoms with Crippen LogP contribution < -0.4 is 10.5 Å². The number of hydrazine groups is 1. The fraction of sp³-hybridized carbons (Fsp3) is 0.167. The first kappa shape index (κ1) is 15.8. The molecule has 0 fully saturated rings. The molecular formula is C12H14N6O3S. The van der Waals surface area contributed by atoms with Crippen LogP contribution in [0, 0.1) is 0 Å². The first-order chi connectivity index (χ1) is 10.4. The Morgan fingerprint density at radius 3 is 2.64 bits per heavy atom. The number of nitrogens with zero attached hydrogens (tertiary/aromatic N) is 5. The summed E-state index contributed by atoms with van der Waals surface area (Å²) in [5.74, 6) is -0.379. The van der Waals surface area contributed by atoms with Crippen molar-refractivity contribution in [1.82, 2.24) is 19.7 Å². The van der Waals surface area contributed by atoms with Crippen molar-refractivity contribution in [2.24, 2.45) is 4.40 Å². The number of hydrazone groups is 1. The third-order valence-electron chi connectivity index (χ3n) is 2.52. The molecular weight excluding hydrogens is 308 g/mol. The molecule has 116 valence electrons. The molecule has 0 saturated carbocycles. The number of hydrogen-bond donors (Lipinski definition) is 1. The van der Waals surface area contributed by atoms with Gasteiger partial charge in [0, 0.05) is 38.1 Å². The molecule has 1 aromatic rings. The normalized spacial score (nSPS) is 17.5. The number of aromatic nitrogens is 2. The zero-order chi connectivity index (χ0) is 16.2. The first-order valence-electron chi connectivity index (χ1n) is 6.13. The van der Waals surface area contributed by atoms with Crippen LogP contribution in [0.4, 0.5) is 0 Å². The Kier molecular flexibility index (Phi) is 4.63. The largest absolute Gasteiger partial charge is 0.854 e. The topological polar surface area (TPSA) is 114 Å². The third kappa shape index (κ3) is 3.96. The molecule has 1 aliphatic rings. The van der Waals surface area contributed by atoms with Gasteiger partial charge in [-0.15, -0.1) is 0 Å². The van der Waals surface area contributed by atoms with Crippen molar-refractivity contribution >= 4 is 27.9 Å². The predicted octanol–water partition coefficient (Wildman–Crippen LogP) is -1.50. The van der Waals surface area contributed by atoms with E-state index in [-0.39, 0.29) is 0 Å². The summed E-state index contributed by atoms with van der Waals surface area (Å²) in [5, 5.41) is 11.6. The molecule has 2 rings (SSSR count). The molecule has 2 heterocycles. The van der Waals surface area contributed by atoms with E-state index in [2.05, 4.69) is 19.8 Å². The highest BCUT2D eigenvalue weighted by Gasteiger charge is 2.12. The van der Waals surface area contributed by atoms with E-state index < -0.39 is 16.1 Å². The Morgan fingerprint density at radius 2 is 2.09 bits per heavy atom.